The Morgan fingerprint density at radius 3 is 2.74 bits per heavy atom. The molecule has 7 heteroatoms. The fourth-order valence-electron chi connectivity index (χ4n) is 3.40. The monoisotopic (exact) mass is 431 g/mol. The zero-order valence-electron chi connectivity index (χ0n) is 16.4. The van der Waals surface area contributed by atoms with Crippen LogP contribution in [0.2, 0.25) is 5.02 Å². The van der Waals surface area contributed by atoms with Crippen molar-refractivity contribution in [2.45, 2.75) is 6.54 Å². The fourth-order valence-corrected chi connectivity index (χ4v) is 3.59. The number of imidazole rings is 1. The van der Waals surface area contributed by atoms with Gasteiger partial charge >= 0.3 is 0 Å². The quantitative estimate of drug-likeness (QED) is 0.445. The maximum atomic E-state index is 13.2. The van der Waals surface area contributed by atoms with E-state index in [1.165, 1.54) is 0 Å². The number of nitrogens with one attached hydrogen (secondary N) is 2. The van der Waals surface area contributed by atoms with Gasteiger partial charge in [-0.3, -0.25) is 4.79 Å². The number of para-hydroxylation sites is 2. The van der Waals surface area contributed by atoms with E-state index in [0.29, 0.717) is 34.5 Å². The number of nitrogens with zero attached hydrogens (tertiary/aromatic N) is 1. The first kappa shape index (κ1) is 19.2. The van der Waals surface area contributed by atoms with Crippen molar-refractivity contribution in [3.8, 4) is 11.5 Å². The van der Waals surface area contributed by atoms with Crippen LogP contribution in [0.1, 0.15) is 17.0 Å². The molecule has 0 unspecified atom stereocenters. The number of carbonyl (C=O) groups is 1. The highest BCUT2D eigenvalue weighted by Gasteiger charge is 2.18. The van der Waals surface area contributed by atoms with E-state index < -0.39 is 0 Å². The number of benzene rings is 3. The standard InChI is InChI=1S/C24H18ClN3O3/c25-18-6-2-1-5-16(18)12-17(23-27-19-7-3-4-8-20(19)28-23)24(29)26-13-15-9-10-21-22(11-15)31-14-30-21/h1-12H,13-14H2,(H,26,29)(H,27,28)/b17-12+. The van der Waals surface area contributed by atoms with Crippen molar-refractivity contribution in [1.29, 1.82) is 0 Å². The molecule has 5 rings (SSSR count). The van der Waals surface area contributed by atoms with Gasteiger partial charge in [-0.2, -0.15) is 0 Å². The summed E-state index contributed by atoms with van der Waals surface area (Å²) in [5, 5.41) is 3.52. The topological polar surface area (TPSA) is 76.2 Å². The Morgan fingerprint density at radius 1 is 1.06 bits per heavy atom. The lowest BCUT2D eigenvalue weighted by Gasteiger charge is -2.09. The number of carbonyl (C=O) groups excluding carboxylic acids is 1. The van der Waals surface area contributed by atoms with Crippen LogP contribution in [0, 0.1) is 0 Å². The molecular formula is C24H18ClN3O3. The van der Waals surface area contributed by atoms with E-state index in [9.17, 15) is 4.79 Å². The minimum absolute atomic E-state index is 0.210. The van der Waals surface area contributed by atoms with Crippen LogP contribution in [0.5, 0.6) is 11.5 Å². The van der Waals surface area contributed by atoms with Crippen LogP contribution in [0.25, 0.3) is 22.7 Å². The molecule has 31 heavy (non-hydrogen) atoms. The number of fused-ring (bicyclic) bond motifs is 2. The molecule has 0 saturated heterocycles. The van der Waals surface area contributed by atoms with Crippen LogP contribution in [0.4, 0.5) is 0 Å². The molecule has 0 radical (unpaired) electrons. The van der Waals surface area contributed by atoms with Gasteiger partial charge in [0.15, 0.2) is 11.5 Å². The molecule has 2 heterocycles. The predicted octanol–water partition coefficient (Wildman–Crippen LogP) is 4.80. The normalized spacial score (nSPS) is 12.9. The zero-order chi connectivity index (χ0) is 21.2. The molecule has 0 aliphatic carbocycles. The van der Waals surface area contributed by atoms with E-state index in [1.54, 1.807) is 12.1 Å². The van der Waals surface area contributed by atoms with Gasteiger partial charge in [0, 0.05) is 11.6 Å². The molecule has 4 aromatic rings. The Kier molecular flexibility index (Phi) is 5.06. The van der Waals surface area contributed by atoms with Crippen LogP contribution in [0.15, 0.2) is 66.7 Å². The average Bonchev–Trinajstić information content (AvgIpc) is 3.43. The molecule has 1 amide bonds. The van der Waals surface area contributed by atoms with Gasteiger partial charge < -0.3 is 19.8 Å². The van der Waals surface area contributed by atoms with Crippen molar-refractivity contribution in [3.63, 3.8) is 0 Å². The van der Waals surface area contributed by atoms with Gasteiger partial charge in [-0.25, -0.2) is 4.98 Å². The summed E-state index contributed by atoms with van der Waals surface area (Å²) in [5.41, 5.74) is 3.67. The Labute approximate surface area is 183 Å². The summed E-state index contributed by atoms with van der Waals surface area (Å²) in [4.78, 5) is 21.0. The molecule has 2 N–H and O–H groups in total. The Hall–Kier alpha value is -3.77. The number of hydrogen-bond donors (Lipinski definition) is 2. The largest absolute Gasteiger partial charge is 0.454 e. The summed E-state index contributed by atoms with van der Waals surface area (Å²) >= 11 is 6.33. The smallest absolute Gasteiger partial charge is 0.255 e. The molecule has 3 aromatic carbocycles. The summed E-state index contributed by atoms with van der Waals surface area (Å²) < 4.78 is 10.8. The molecule has 0 fully saturated rings. The number of H-pyrrole nitrogens is 1. The zero-order valence-corrected chi connectivity index (χ0v) is 17.1. The molecule has 0 atom stereocenters. The molecule has 154 valence electrons. The molecule has 1 aliphatic rings. The summed E-state index contributed by atoms with van der Waals surface area (Å²) in [6, 6.07) is 20.6. The Balaban J connectivity index is 1.46. The van der Waals surface area contributed by atoms with Crippen LogP contribution >= 0.6 is 11.6 Å². The van der Waals surface area contributed by atoms with E-state index in [0.717, 1.165) is 22.2 Å². The minimum Gasteiger partial charge on any atom is -0.454 e. The van der Waals surface area contributed by atoms with Crippen molar-refractivity contribution in [2.24, 2.45) is 0 Å². The summed E-state index contributed by atoms with van der Waals surface area (Å²) in [6.45, 7) is 0.539. The lowest BCUT2D eigenvalue weighted by Crippen LogP contribution is -2.24. The minimum atomic E-state index is -0.267. The fraction of sp³-hybridized carbons (Fsp3) is 0.0833. The molecule has 1 aliphatic heterocycles. The Morgan fingerprint density at radius 2 is 1.87 bits per heavy atom. The number of amides is 1. The second-order valence-corrected chi connectivity index (χ2v) is 7.46. The third-order valence-electron chi connectivity index (χ3n) is 4.98. The van der Waals surface area contributed by atoms with Gasteiger partial charge in [-0.05, 0) is 47.5 Å². The van der Waals surface area contributed by atoms with Crippen LogP contribution in [-0.4, -0.2) is 22.7 Å². The SMILES string of the molecule is O=C(NCc1ccc2c(c1)OCO2)/C(=C/c1ccccc1Cl)c1nc2ccccc2[nH]1. The molecule has 0 saturated carbocycles. The van der Waals surface area contributed by atoms with E-state index >= 15 is 0 Å². The number of halogens is 1. The number of ether oxygens (including phenoxy) is 2. The van der Waals surface area contributed by atoms with Crippen molar-refractivity contribution in [1.82, 2.24) is 15.3 Å². The van der Waals surface area contributed by atoms with Gasteiger partial charge in [0.25, 0.3) is 5.91 Å². The number of aromatic nitrogens is 2. The first-order valence-corrected chi connectivity index (χ1v) is 10.1. The highest BCUT2D eigenvalue weighted by molar-refractivity contribution is 6.33. The van der Waals surface area contributed by atoms with Crippen molar-refractivity contribution < 1.29 is 14.3 Å². The second-order valence-electron chi connectivity index (χ2n) is 7.05. The van der Waals surface area contributed by atoms with E-state index in [1.807, 2.05) is 60.7 Å². The summed E-state index contributed by atoms with van der Waals surface area (Å²) in [6.07, 6.45) is 1.75. The van der Waals surface area contributed by atoms with Gasteiger partial charge in [0.05, 0.1) is 16.6 Å². The van der Waals surface area contributed by atoms with E-state index in [2.05, 4.69) is 15.3 Å². The van der Waals surface area contributed by atoms with Gasteiger partial charge in [0.2, 0.25) is 6.79 Å². The van der Waals surface area contributed by atoms with Crippen molar-refractivity contribution >= 4 is 40.2 Å². The highest BCUT2D eigenvalue weighted by atomic mass is 35.5. The third kappa shape index (κ3) is 3.98. The lowest BCUT2D eigenvalue weighted by molar-refractivity contribution is -0.115. The lowest BCUT2D eigenvalue weighted by atomic mass is 10.1. The molecule has 0 spiro atoms. The van der Waals surface area contributed by atoms with E-state index in [4.69, 9.17) is 21.1 Å². The first-order chi connectivity index (χ1) is 15.2. The summed E-state index contributed by atoms with van der Waals surface area (Å²) in [7, 11) is 0. The van der Waals surface area contributed by atoms with Crippen LogP contribution < -0.4 is 14.8 Å². The molecule has 0 bridgehead atoms. The van der Waals surface area contributed by atoms with Gasteiger partial charge in [-0.1, -0.05) is 48.0 Å². The first-order valence-electron chi connectivity index (χ1n) is 9.75. The molecule has 1 aromatic heterocycles. The van der Waals surface area contributed by atoms with Crippen LogP contribution in [0.3, 0.4) is 0 Å². The highest BCUT2D eigenvalue weighted by Crippen LogP contribution is 2.32. The number of rotatable bonds is 5. The second kappa shape index (κ2) is 8.16. The molecular weight excluding hydrogens is 414 g/mol. The summed E-state index contributed by atoms with van der Waals surface area (Å²) in [5.74, 6) is 1.59. The van der Waals surface area contributed by atoms with Crippen molar-refractivity contribution in [2.75, 3.05) is 6.79 Å². The average molecular weight is 432 g/mol. The van der Waals surface area contributed by atoms with E-state index in [-0.39, 0.29) is 12.7 Å². The van der Waals surface area contributed by atoms with Crippen molar-refractivity contribution in [3.05, 3.63) is 88.7 Å². The van der Waals surface area contributed by atoms with Crippen LogP contribution in [-0.2, 0) is 11.3 Å². The number of hydrogen-bond acceptors (Lipinski definition) is 4. The molecule has 6 nitrogen and oxygen atoms in total. The maximum Gasteiger partial charge on any atom is 0.255 e. The van der Waals surface area contributed by atoms with Gasteiger partial charge in [-0.15, -0.1) is 0 Å². The maximum absolute atomic E-state index is 13.2. The number of aromatic amines is 1. The predicted molar refractivity (Wildman–Crippen MR) is 120 cm³/mol. The Bertz CT molecular complexity index is 1280. The third-order valence-corrected chi connectivity index (χ3v) is 5.33. The van der Waals surface area contributed by atoms with Gasteiger partial charge in [0.1, 0.15) is 5.82 Å².